The monoisotopic (exact) mass is 564 g/mol. The molecule has 0 aliphatic heterocycles. The first-order chi connectivity index (χ1) is 16.9. The third-order valence-electron chi connectivity index (χ3n) is 1.49. The molecule has 0 aromatic carbocycles. The second kappa shape index (κ2) is 49.8. The van der Waals surface area contributed by atoms with Crippen LogP contribution >= 0.6 is 0 Å². The summed E-state index contributed by atoms with van der Waals surface area (Å²) in [5.41, 5.74) is 0. The molecule has 38 heavy (non-hydrogen) atoms. The fourth-order valence-corrected chi connectivity index (χ4v) is 0.880. The highest BCUT2D eigenvalue weighted by atomic mass is 16.4. The Labute approximate surface area is 221 Å². The molecule has 0 aromatic rings. The summed E-state index contributed by atoms with van der Waals surface area (Å²) in [6.07, 6.45) is 5.88. The summed E-state index contributed by atoms with van der Waals surface area (Å²) in [6, 6.07) is 0. The number of carbonyl (C=O) groups is 8. The summed E-state index contributed by atoms with van der Waals surface area (Å²) in [5, 5.41) is 60.2. The number of hydrogen-bond donors (Lipinski definition) is 8. The van der Waals surface area contributed by atoms with Crippen molar-refractivity contribution in [1.82, 2.24) is 0 Å². The molecule has 0 spiro atoms. The Bertz CT molecular complexity index is 481. The predicted molar refractivity (Wildman–Crippen MR) is 134 cm³/mol. The Kier molecular flexibility index (Phi) is 71.6. The third kappa shape index (κ3) is 3940. The number of rotatable bonds is 6. The summed E-state index contributed by atoms with van der Waals surface area (Å²) < 4.78 is 0. The van der Waals surface area contributed by atoms with Crippen LogP contribution in [0.5, 0.6) is 0 Å². The number of unbranched alkanes of at least 4 members (excludes halogenated alkanes) is 4. The molecule has 0 saturated heterocycles. The van der Waals surface area contributed by atoms with Crippen molar-refractivity contribution in [2.24, 2.45) is 0 Å². The smallest absolute Gasteiger partial charge is 0.303 e. The zero-order valence-electron chi connectivity index (χ0n) is 23.1. The van der Waals surface area contributed by atoms with Crippen molar-refractivity contribution in [3.63, 3.8) is 0 Å². The van der Waals surface area contributed by atoms with Crippen LogP contribution in [0, 0.1) is 0 Å². The Hall–Kier alpha value is -4.24. The highest BCUT2D eigenvalue weighted by Crippen LogP contribution is 2.04. The van der Waals surface area contributed by atoms with Crippen LogP contribution in [0.15, 0.2) is 0 Å². The summed E-state index contributed by atoms with van der Waals surface area (Å²) in [5.74, 6) is -6.50. The van der Waals surface area contributed by atoms with Crippen molar-refractivity contribution >= 4 is 47.8 Å². The lowest BCUT2D eigenvalue weighted by Crippen LogP contribution is -1.93. The van der Waals surface area contributed by atoms with Crippen molar-refractivity contribution in [2.45, 2.75) is 93.9 Å². The van der Waals surface area contributed by atoms with Crippen LogP contribution in [0.2, 0.25) is 0 Å². The maximum atomic E-state index is 10.0. The second-order valence-electron chi connectivity index (χ2n) is 6.19. The van der Waals surface area contributed by atoms with Crippen LogP contribution < -0.4 is 0 Å². The van der Waals surface area contributed by atoms with Gasteiger partial charge in [0.1, 0.15) is 0 Å². The molecule has 0 heterocycles. The van der Waals surface area contributed by atoms with Gasteiger partial charge in [-0.25, -0.2) is 0 Å². The number of aliphatic carboxylic acids is 8. The molecule has 228 valence electrons. The molecule has 0 aromatic heterocycles. The molecule has 0 atom stereocenters. The molecule has 0 aliphatic carbocycles. The molecule has 16 heteroatoms. The summed E-state index contributed by atoms with van der Waals surface area (Å²) in [6.45, 7) is 9.73. The van der Waals surface area contributed by atoms with E-state index >= 15 is 0 Å². The van der Waals surface area contributed by atoms with E-state index in [-0.39, 0.29) is 0 Å². The van der Waals surface area contributed by atoms with Crippen molar-refractivity contribution in [3.8, 4) is 0 Å². The first kappa shape index (κ1) is 54.6. The number of carboxylic acid groups (broad SMARTS) is 8. The first-order valence-electron chi connectivity index (χ1n) is 10.5. The molecule has 8 N–H and O–H groups in total. The molecule has 0 aliphatic rings. The Balaban J connectivity index is -0.0000000470. The lowest BCUT2D eigenvalue weighted by Gasteiger charge is -1.95. The highest BCUT2D eigenvalue weighted by molar-refractivity contribution is 5.66. The van der Waals surface area contributed by atoms with E-state index in [9.17, 15) is 4.79 Å². The molecule has 0 fully saturated rings. The van der Waals surface area contributed by atoms with E-state index in [1.165, 1.54) is 19.3 Å². The summed E-state index contributed by atoms with van der Waals surface area (Å²) >= 11 is 0. The van der Waals surface area contributed by atoms with E-state index in [2.05, 4.69) is 6.92 Å². The van der Waals surface area contributed by atoms with E-state index < -0.39 is 47.8 Å². The minimum atomic E-state index is -0.833. The van der Waals surface area contributed by atoms with E-state index in [0.29, 0.717) is 6.42 Å². The predicted octanol–water partition coefficient (Wildman–Crippen LogP) is 3.07. The minimum absolute atomic E-state index is 0.337. The summed E-state index contributed by atoms with van der Waals surface area (Å²) in [7, 11) is 0. The van der Waals surface area contributed by atoms with Crippen molar-refractivity contribution in [1.29, 1.82) is 0 Å². The lowest BCUT2D eigenvalue weighted by atomic mass is 10.1. The molecule has 0 unspecified atom stereocenters. The summed E-state index contributed by atoms with van der Waals surface area (Å²) in [4.78, 5) is 73.0. The van der Waals surface area contributed by atoms with Crippen molar-refractivity contribution in [3.05, 3.63) is 0 Å². The van der Waals surface area contributed by atoms with E-state index in [0.717, 1.165) is 61.3 Å². The molecule has 0 bridgehead atoms. The molecular formula is C22H44O16. The zero-order valence-corrected chi connectivity index (χ0v) is 23.1. The Morgan fingerprint density at radius 2 is 0.526 bits per heavy atom. The van der Waals surface area contributed by atoms with E-state index in [4.69, 9.17) is 74.4 Å². The van der Waals surface area contributed by atoms with Crippen LogP contribution in [0.3, 0.4) is 0 Å². The third-order valence-corrected chi connectivity index (χ3v) is 1.49. The van der Waals surface area contributed by atoms with Gasteiger partial charge in [0, 0.05) is 54.9 Å². The Morgan fingerprint density at radius 3 is 0.658 bits per heavy atom. The molecule has 0 amide bonds. The standard InChI is InChI=1S/C8H16O2.7C2H4O2/c1-2-3-4-5-6-7-8(9)10;7*1-2(3)4/h2-7H2,1H3,(H,9,10);7*1H3,(H,3,4). The van der Waals surface area contributed by atoms with Gasteiger partial charge in [0.05, 0.1) is 0 Å². The van der Waals surface area contributed by atoms with Gasteiger partial charge in [-0.15, -0.1) is 0 Å². The van der Waals surface area contributed by atoms with Gasteiger partial charge in [-0.3, -0.25) is 38.4 Å². The van der Waals surface area contributed by atoms with Gasteiger partial charge < -0.3 is 40.9 Å². The van der Waals surface area contributed by atoms with E-state index in [1.54, 1.807) is 0 Å². The van der Waals surface area contributed by atoms with Crippen LogP contribution in [0.4, 0.5) is 0 Å². The molecule has 0 saturated carbocycles. The SMILES string of the molecule is CC(=O)O.CC(=O)O.CC(=O)O.CC(=O)O.CC(=O)O.CC(=O)O.CC(=O)O.CCCCCCCC(=O)O. The lowest BCUT2D eigenvalue weighted by molar-refractivity contribution is -0.137. The highest BCUT2D eigenvalue weighted by Gasteiger charge is 1.94. The zero-order chi connectivity index (χ0) is 32.9. The van der Waals surface area contributed by atoms with Crippen molar-refractivity contribution in [2.75, 3.05) is 0 Å². The van der Waals surface area contributed by atoms with Gasteiger partial charge in [0.15, 0.2) is 0 Å². The topological polar surface area (TPSA) is 298 Å². The average Bonchev–Trinajstić information content (AvgIpc) is 2.58. The molecule has 0 radical (unpaired) electrons. The maximum Gasteiger partial charge on any atom is 0.303 e. The number of hydrogen-bond acceptors (Lipinski definition) is 8. The quantitative estimate of drug-likeness (QED) is 0.215. The molecule has 0 rings (SSSR count). The molecule has 16 nitrogen and oxygen atoms in total. The Morgan fingerprint density at radius 1 is 0.368 bits per heavy atom. The largest absolute Gasteiger partial charge is 0.481 e. The van der Waals surface area contributed by atoms with Crippen molar-refractivity contribution < 1.29 is 79.2 Å². The van der Waals surface area contributed by atoms with Crippen LogP contribution in [0.25, 0.3) is 0 Å². The van der Waals surface area contributed by atoms with Gasteiger partial charge in [0.2, 0.25) is 0 Å². The first-order valence-corrected chi connectivity index (χ1v) is 10.5. The van der Waals surface area contributed by atoms with Crippen LogP contribution in [0.1, 0.15) is 93.9 Å². The van der Waals surface area contributed by atoms with Gasteiger partial charge in [-0.1, -0.05) is 32.6 Å². The maximum absolute atomic E-state index is 10.0. The fraction of sp³-hybridized carbons (Fsp3) is 0.636. The normalized spacial score (nSPS) is 7.16. The van der Waals surface area contributed by atoms with Gasteiger partial charge in [-0.05, 0) is 6.42 Å². The molecular weight excluding hydrogens is 520 g/mol. The number of carboxylic acids is 8. The minimum Gasteiger partial charge on any atom is -0.481 e. The van der Waals surface area contributed by atoms with Crippen LogP contribution in [-0.2, 0) is 38.4 Å². The van der Waals surface area contributed by atoms with Gasteiger partial charge in [0.25, 0.3) is 41.8 Å². The fourth-order valence-electron chi connectivity index (χ4n) is 0.880. The van der Waals surface area contributed by atoms with Gasteiger partial charge >= 0.3 is 5.97 Å². The second-order valence-corrected chi connectivity index (χ2v) is 6.19. The van der Waals surface area contributed by atoms with E-state index in [1.807, 2.05) is 0 Å². The van der Waals surface area contributed by atoms with Crippen LogP contribution in [-0.4, -0.2) is 88.6 Å². The van der Waals surface area contributed by atoms with Gasteiger partial charge in [-0.2, -0.15) is 0 Å². The average molecular weight is 565 g/mol.